The van der Waals surface area contributed by atoms with Crippen LogP contribution in [0.4, 0.5) is 0 Å². The molecule has 430 valence electrons. The van der Waals surface area contributed by atoms with Crippen LogP contribution in [0.5, 0.6) is 0 Å². The van der Waals surface area contributed by atoms with Crippen LogP contribution in [-0.2, 0) is 28.9 Å². The highest BCUT2D eigenvalue weighted by atomic mass is 32.3. The molecule has 7 unspecified atom stereocenters. The summed E-state index contributed by atoms with van der Waals surface area (Å²) in [6.45, 7) is 3.51. The molecule has 0 bridgehead atoms. The van der Waals surface area contributed by atoms with Crippen LogP contribution in [0.25, 0.3) is 0 Å². The molecule has 0 aromatic rings. The number of rotatable bonds is 55. The molecule has 1 amide bonds. The molecule has 7 atom stereocenters. The van der Waals surface area contributed by atoms with Crippen molar-refractivity contribution in [1.29, 1.82) is 0 Å². The first kappa shape index (κ1) is 69.1. The summed E-state index contributed by atoms with van der Waals surface area (Å²) in [6, 6.07) is -0.853. The first-order chi connectivity index (χ1) is 35.0. The van der Waals surface area contributed by atoms with E-state index in [9.17, 15) is 38.2 Å². The van der Waals surface area contributed by atoms with Gasteiger partial charge in [0.15, 0.2) is 6.29 Å². The summed E-state index contributed by atoms with van der Waals surface area (Å²) in [5.41, 5.74) is 0. The van der Waals surface area contributed by atoms with Crippen molar-refractivity contribution in [1.82, 2.24) is 5.32 Å². The normalized spacial score (nSPS) is 19.2. The van der Waals surface area contributed by atoms with Crippen LogP contribution in [0, 0.1) is 0 Å². The van der Waals surface area contributed by atoms with Gasteiger partial charge < -0.3 is 35.2 Å². The van der Waals surface area contributed by atoms with Crippen molar-refractivity contribution >= 4 is 16.3 Å². The second-order valence-corrected chi connectivity index (χ2v) is 23.1. The van der Waals surface area contributed by atoms with Crippen LogP contribution in [0.1, 0.15) is 316 Å². The van der Waals surface area contributed by atoms with E-state index in [-0.39, 0.29) is 12.5 Å². The quantitative estimate of drug-likeness (QED) is 0.0251. The Morgan fingerprint density at radius 2 is 0.806 bits per heavy atom. The van der Waals surface area contributed by atoms with Gasteiger partial charge in [-0.05, 0) is 12.8 Å². The zero-order chi connectivity index (χ0) is 52.6. The third-order valence-electron chi connectivity index (χ3n) is 15.2. The predicted octanol–water partition coefficient (Wildman–Crippen LogP) is 14.9. The Balaban J connectivity index is 2.29. The van der Waals surface area contributed by atoms with Gasteiger partial charge in [0.05, 0.1) is 25.4 Å². The van der Waals surface area contributed by atoms with Gasteiger partial charge in [0.2, 0.25) is 5.91 Å². The minimum Gasteiger partial charge on any atom is -0.394 e. The Kier molecular flexibility index (Phi) is 47.7. The van der Waals surface area contributed by atoms with Gasteiger partial charge in [0.1, 0.15) is 24.4 Å². The average Bonchev–Trinajstić information content (AvgIpc) is 3.36. The molecule has 1 rings (SSSR count). The first-order valence-corrected chi connectivity index (χ1v) is 32.3. The van der Waals surface area contributed by atoms with Crippen molar-refractivity contribution in [2.75, 3.05) is 13.2 Å². The zero-order valence-electron chi connectivity index (χ0n) is 46.8. The monoisotopic (exact) mass is 1050 g/mol. The van der Waals surface area contributed by atoms with E-state index >= 15 is 0 Å². The highest BCUT2D eigenvalue weighted by Crippen LogP contribution is 2.26. The van der Waals surface area contributed by atoms with Gasteiger partial charge in [-0.1, -0.05) is 296 Å². The lowest BCUT2D eigenvalue weighted by molar-refractivity contribution is -0.298. The molecular weight excluding hydrogens is 931 g/mol. The Morgan fingerprint density at radius 1 is 0.500 bits per heavy atom. The number of amides is 1. The molecule has 0 aromatic carbocycles. The Labute approximate surface area is 443 Å². The molecule has 0 spiro atoms. The molecule has 1 heterocycles. The van der Waals surface area contributed by atoms with Crippen LogP contribution in [0.15, 0.2) is 0 Å². The van der Waals surface area contributed by atoms with Crippen molar-refractivity contribution < 1.29 is 51.8 Å². The van der Waals surface area contributed by atoms with Crippen molar-refractivity contribution in [3.05, 3.63) is 0 Å². The number of unbranched alkanes of at least 4 members (excludes halogenated alkanes) is 43. The lowest BCUT2D eigenvalue weighted by Crippen LogP contribution is -2.61. The maximum atomic E-state index is 13.2. The fourth-order valence-corrected chi connectivity index (χ4v) is 10.9. The van der Waals surface area contributed by atoms with E-state index in [1.807, 2.05) is 0 Å². The Hall–Kier alpha value is -0.900. The van der Waals surface area contributed by atoms with E-state index in [0.29, 0.717) is 12.8 Å². The van der Waals surface area contributed by atoms with Crippen molar-refractivity contribution in [3.8, 4) is 0 Å². The third-order valence-corrected chi connectivity index (χ3v) is 15.6. The minimum atomic E-state index is -5.08. The summed E-state index contributed by atoms with van der Waals surface area (Å²) in [6.07, 6.45) is 49.7. The van der Waals surface area contributed by atoms with Gasteiger partial charge in [0, 0.05) is 6.42 Å². The molecule has 1 fully saturated rings. The van der Waals surface area contributed by atoms with Crippen molar-refractivity contribution in [3.63, 3.8) is 0 Å². The molecule has 0 aromatic heterocycles. The summed E-state index contributed by atoms with van der Waals surface area (Å²) in [5, 5.41) is 45.2. The van der Waals surface area contributed by atoms with E-state index in [1.54, 1.807) is 0 Å². The van der Waals surface area contributed by atoms with Crippen molar-refractivity contribution in [2.24, 2.45) is 0 Å². The molecule has 1 saturated heterocycles. The number of ether oxygens (including phenoxy) is 2. The molecule has 1 aliphatic heterocycles. The van der Waals surface area contributed by atoms with E-state index in [1.165, 1.54) is 238 Å². The number of nitrogens with one attached hydrogen (secondary N) is 1. The molecule has 13 heteroatoms. The molecule has 12 nitrogen and oxygen atoms in total. The first-order valence-electron chi connectivity index (χ1n) is 30.9. The molecule has 0 saturated carbocycles. The van der Waals surface area contributed by atoms with Crippen LogP contribution < -0.4 is 5.32 Å². The van der Waals surface area contributed by atoms with Gasteiger partial charge in [-0.3, -0.25) is 9.35 Å². The Bertz CT molecular complexity index is 1280. The summed E-state index contributed by atoms with van der Waals surface area (Å²) in [4.78, 5) is 13.2. The smallest absolute Gasteiger partial charge is 0.394 e. The molecule has 6 N–H and O–H groups in total. The molecule has 0 radical (unpaired) electrons. The van der Waals surface area contributed by atoms with Crippen LogP contribution in [0.3, 0.4) is 0 Å². The highest BCUT2D eigenvalue weighted by molar-refractivity contribution is 7.80. The fourth-order valence-electron chi connectivity index (χ4n) is 10.4. The third kappa shape index (κ3) is 41.3. The van der Waals surface area contributed by atoms with Gasteiger partial charge in [-0.2, -0.15) is 8.42 Å². The predicted molar refractivity (Wildman–Crippen MR) is 296 cm³/mol. The molecular formula is C59H117NO11S. The lowest BCUT2D eigenvalue weighted by atomic mass is 9.99. The molecule has 1 aliphatic rings. The van der Waals surface area contributed by atoms with Crippen LogP contribution in [0.2, 0.25) is 0 Å². The van der Waals surface area contributed by atoms with Crippen molar-refractivity contribution in [2.45, 2.75) is 358 Å². The number of hydrogen-bond donors (Lipinski definition) is 6. The van der Waals surface area contributed by atoms with Gasteiger partial charge in [-0.25, -0.2) is 4.18 Å². The number of carbonyl (C=O) groups is 1. The summed E-state index contributed by atoms with van der Waals surface area (Å²) in [7, 11) is -5.08. The van der Waals surface area contributed by atoms with Crippen LogP contribution in [-0.4, -0.2) is 95.4 Å². The maximum Gasteiger partial charge on any atom is 0.397 e. The molecule has 72 heavy (non-hydrogen) atoms. The second-order valence-electron chi connectivity index (χ2n) is 22.0. The van der Waals surface area contributed by atoms with Gasteiger partial charge in [-0.15, -0.1) is 0 Å². The Morgan fingerprint density at radius 3 is 1.11 bits per heavy atom. The fraction of sp³-hybridized carbons (Fsp3) is 0.983. The number of aliphatic hydroxyl groups is 4. The largest absolute Gasteiger partial charge is 0.397 e. The standard InChI is InChI=1S/C59H117NO11S/c1-3-5-7-9-11-13-15-17-19-21-23-24-25-26-27-28-29-31-33-35-37-39-41-43-45-47-49-55(63)60-52(51-69-59-57(65)58(71-72(66,67)68)56(64)54(50-61)70-59)53(62)48-46-44-42-40-38-36-34-32-30-22-20-18-16-14-12-10-8-6-4-2/h52-54,56-59,61-62,64-65H,3-51H2,1-2H3,(H,60,63)(H,66,67,68). The number of hydrogen-bond acceptors (Lipinski definition) is 10. The van der Waals surface area contributed by atoms with E-state index < -0.39 is 59.9 Å². The summed E-state index contributed by atoms with van der Waals surface area (Å²) < 4.78 is 48.0. The molecule has 0 aliphatic carbocycles. The lowest BCUT2D eigenvalue weighted by Gasteiger charge is -2.41. The zero-order valence-corrected chi connectivity index (χ0v) is 47.6. The van der Waals surface area contributed by atoms with Gasteiger partial charge in [0.25, 0.3) is 0 Å². The SMILES string of the molecule is CCCCCCCCCCCCCCCCCCCCCCCCCCCCC(=O)NC(COC1OC(CO)C(O)C(OS(=O)(=O)O)C1O)C(O)CCCCCCCCCCCCCCCCCCCCC. The maximum absolute atomic E-state index is 13.2. The second kappa shape index (κ2) is 49.7. The number of carbonyl (C=O) groups excluding carboxylic acids is 1. The van der Waals surface area contributed by atoms with E-state index in [4.69, 9.17) is 9.47 Å². The van der Waals surface area contributed by atoms with E-state index in [0.717, 1.165) is 51.4 Å². The number of aliphatic hydroxyl groups excluding tert-OH is 4. The van der Waals surface area contributed by atoms with Gasteiger partial charge >= 0.3 is 10.4 Å². The topological polar surface area (TPSA) is 192 Å². The summed E-state index contributed by atoms with van der Waals surface area (Å²) in [5.74, 6) is -0.221. The summed E-state index contributed by atoms with van der Waals surface area (Å²) >= 11 is 0. The highest BCUT2D eigenvalue weighted by Gasteiger charge is 2.48. The van der Waals surface area contributed by atoms with Crippen LogP contribution >= 0.6 is 0 Å². The van der Waals surface area contributed by atoms with E-state index in [2.05, 4.69) is 23.3 Å². The average molecular weight is 1050 g/mol. The minimum absolute atomic E-state index is 0.221.